The Morgan fingerprint density at radius 1 is 1.46 bits per heavy atom. The van der Waals surface area contributed by atoms with Crippen LogP contribution in [-0.4, -0.2) is 25.8 Å². The first-order valence-electron chi connectivity index (χ1n) is 3.96. The molecular formula is C8H8N4O. The highest BCUT2D eigenvalue weighted by Gasteiger charge is 2.01. The van der Waals surface area contributed by atoms with E-state index in [0.29, 0.717) is 13.0 Å². The van der Waals surface area contributed by atoms with Gasteiger partial charge in [-0.15, -0.1) is 0 Å². The molecule has 2 rings (SSSR count). The zero-order valence-corrected chi connectivity index (χ0v) is 6.92. The third-order valence-electron chi connectivity index (χ3n) is 1.77. The summed E-state index contributed by atoms with van der Waals surface area (Å²) in [7, 11) is 0. The summed E-state index contributed by atoms with van der Waals surface area (Å²) in [6.45, 7) is 0.622. The van der Waals surface area contributed by atoms with E-state index in [9.17, 15) is 4.79 Å². The van der Waals surface area contributed by atoms with Gasteiger partial charge in [0.2, 0.25) is 0 Å². The number of aromatic nitrogens is 4. The SMILES string of the molecule is O=CCCn1cnc2cncnc21. The van der Waals surface area contributed by atoms with Gasteiger partial charge in [-0.1, -0.05) is 0 Å². The van der Waals surface area contributed by atoms with Crippen LogP contribution in [0.15, 0.2) is 18.9 Å². The van der Waals surface area contributed by atoms with Crippen molar-refractivity contribution in [2.24, 2.45) is 0 Å². The van der Waals surface area contributed by atoms with Crippen molar-refractivity contribution >= 4 is 17.5 Å². The Balaban J connectivity index is 2.40. The number of hydrogen-bond donors (Lipinski definition) is 0. The summed E-state index contributed by atoms with van der Waals surface area (Å²) in [5, 5.41) is 0. The first-order chi connectivity index (χ1) is 6.42. The van der Waals surface area contributed by atoms with Gasteiger partial charge in [0, 0.05) is 13.0 Å². The lowest BCUT2D eigenvalue weighted by Gasteiger charge is -1.97. The van der Waals surface area contributed by atoms with Crippen molar-refractivity contribution in [2.75, 3.05) is 0 Å². The van der Waals surface area contributed by atoms with Gasteiger partial charge in [0.05, 0.1) is 12.5 Å². The van der Waals surface area contributed by atoms with Crippen molar-refractivity contribution < 1.29 is 4.79 Å². The van der Waals surface area contributed by atoms with Gasteiger partial charge in [-0.3, -0.25) is 0 Å². The van der Waals surface area contributed by atoms with Gasteiger partial charge in [0.1, 0.15) is 18.1 Å². The number of imidazole rings is 1. The second kappa shape index (κ2) is 3.30. The molecule has 0 aliphatic rings. The molecule has 0 saturated heterocycles. The number of carbonyl (C=O) groups is 1. The minimum absolute atomic E-state index is 0.482. The Labute approximate surface area is 74.4 Å². The van der Waals surface area contributed by atoms with Crippen molar-refractivity contribution in [1.29, 1.82) is 0 Å². The van der Waals surface area contributed by atoms with Crippen LogP contribution in [0.5, 0.6) is 0 Å². The minimum Gasteiger partial charge on any atom is -0.315 e. The van der Waals surface area contributed by atoms with Crippen molar-refractivity contribution in [3.63, 3.8) is 0 Å². The Morgan fingerprint density at radius 2 is 2.38 bits per heavy atom. The molecule has 0 radical (unpaired) electrons. The summed E-state index contributed by atoms with van der Waals surface area (Å²) < 4.78 is 1.84. The summed E-state index contributed by atoms with van der Waals surface area (Å²) in [6.07, 6.45) is 6.16. The third kappa shape index (κ3) is 1.40. The van der Waals surface area contributed by atoms with Gasteiger partial charge >= 0.3 is 0 Å². The predicted octanol–water partition coefficient (Wildman–Crippen LogP) is 0.415. The summed E-state index contributed by atoms with van der Waals surface area (Å²) in [5.74, 6) is 0. The standard InChI is InChI=1S/C8H8N4O/c13-3-1-2-12-6-11-7-4-9-5-10-8(7)12/h3-6H,1-2H2. The van der Waals surface area contributed by atoms with Gasteiger partial charge < -0.3 is 9.36 Å². The molecule has 5 nitrogen and oxygen atoms in total. The van der Waals surface area contributed by atoms with E-state index in [-0.39, 0.29) is 0 Å². The van der Waals surface area contributed by atoms with Gasteiger partial charge in [0.25, 0.3) is 0 Å². The van der Waals surface area contributed by atoms with E-state index in [4.69, 9.17) is 0 Å². The first kappa shape index (κ1) is 7.85. The Morgan fingerprint density at radius 3 is 3.23 bits per heavy atom. The average Bonchev–Trinajstić information content (AvgIpc) is 2.58. The van der Waals surface area contributed by atoms with Crippen LogP contribution in [-0.2, 0) is 11.3 Å². The van der Waals surface area contributed by atoms with Crippen molar-refractivity contribution in [2.45, 2.75) is 13.0 Å². The number of nitrogens with zero attached hydrogens (tertiary/aromatic N) is 4. The topological polar surface area (TPSA) is 60.7 Å². The first-order valence-corrected chi connectivity index (χ1v) is 3.96. The summed E-state index contributed by atoms with van der Waals surface area (Å²) in [5.41, 5.74) is 1.53. The van der Waals surface area contributed by atoms with Crippen molar-refractivity contribution in [1.82, 2.24) is 19.5 Å². The van der Waals surface area contributed by atoms with Crippen LogP contribution in [0.25, 0.3) is 11.2 Å². The van der Waals surface area contributed by atoms with Gasteiger partial charge in [-0.25, -0.2) is 15.0 Å². The molecule has 0 spiro atoms. The second-order valence-corrected chi connectivity index (χ2v) is 2.62. The molecule has 0 aliphatic heterocycles. The van der Waals surface area contributed by atoms with E-state index in [1.165, 1.54) is 6.33 Å². The number of carbonyl (C=O) groups excluding carboxylic acids is 1. The quantitative estimate of drug-likeness (QED) is 0.636. The molecule has 0 atom stereocenters. The maximum atomic E-state index is 10.2. The Bertz CT molecular complexity index is 423. The van der Waals surface area contributed by atoms with E-state index < -0.39 is 0 Å². The Kier molecular flexibility index (Phi) is 1.99. The highest BCUT2D eigenvalue weighted by Crippen LogP contribution is 2.06. The van der Waals surface area contributed by atoms with Crippen LogP contribution >= 0.6 is 0 Å². The van der Waals surface area contributed by atoms with Gasteiger partial charge in [0.15, 0.2) is 5.65 Å². The molecule has 2 aromatic rings. The largest absolute Gasteiger partial charge is 0.315 e. The molecule has 2 heterocycles. The normalized spacial score (nSPS) is 10.5. The lowest BCUT2D eigenvalue weighted by atomic mass is 10.4. The minimum atomic E-state index is 0.482. The van der Waals surface area contributed by atoms with Crippen LogP contribution in [0.3, 0.4) is 0 Å². The summed E-state index contributed by atoms with van der Waals surface area (Å²) in [4.78, 5) is 22.2. The fourth-order valence-corrected chi connectivity index (χ4v) is 1.17. The number of aldehydes is 1. The molecule has 0 fully saturated rings. The lowest BCUT2D eigenvalue weighted by molar-refractivity contribution is -0.108. The van der Waals surface area contributed by atoms with E-state index in [1.807, 2.05) is 4.57 Å². The number of fused-ring (bicyclic) bond motifs is 1. The molecule has 0 bridgehead atoms. The number of hydrogen-bond acceptors (Lipinski definition) is 4. The van der Waals surface area contributed by atoms with Gasteiger partial charge in [-0.05, 0) is 0 Å². The second-order valence-electron chi connectivity index (χ2n) is 2.62. The van der Waals surface area contributed by atoms with E-state index in [1.54, 1.807) is 12.5 Å². The van der Waals surface area contributed by atoms with E-state index >= 15 is 0 Å². The fourth-order valence-electron chi connectivity index (χ4n) is 1.17. The highest BCUT2D eigenvalue weighted by molar-refractivity contribution is 5.68. The van der Waals surface area contributed by atoms with E-state index in [2.05, 4.69) is 15.0 Å². The fraction of sp³-hybridized carbons (Fsp3) is 0.250. The summed E-state index contributed by atoms with van der Waals surface area (Å²) >= 11 is 0. The van der Waals surface area contributed by atoms with Crippen LogP contribution in [0.4, 0.5) is 0 Å². The zero-order valence-electron chi connectivity index (χ0n) is 6.92. The molecule has 2 aromatic heterocycles. The molecule has 0 unspecified atom stereocenters. The average molecular weight is 176 g/mol. The highest BCUT2D eigenvalue weighted by atomic mass is 16.1. The maximum Gasteiger partial charge on any atom is 0.163 e. The molecule has 13 heavy (non-hydrogen) atoms. The molecule has 66 valence electrons. The molecule has 5 heteroatoms. The molecule has 0 aliphatic carbocycles. The third-order valence-corrected chi connectivity index (χ3v) is 1.77. The van der Waals surface area contributed by atoms with Gasteiger partial charge in [-0.2, -0.15) is 0 Å². The van der Waals surface area contributed by atoms with Crippen molar-refractivity contribution in [3.05, 3.63) is 18.9 Å². The van der Waals surface area contributed by atoms with E-state index in [0.717, 1.165) is 17.5 Å². The van der Waals surface area contributed by atoms with Crippen LogP contribution in [0, 0.1) is 0 Å². The molecule has 0 amide bonds. The maximum absolute atomic E-state index is 10.2. The number of rotatable bonds is 3. The lowest BCUT2D eigenvalue weighted by Crippen LogP contribution is -1.97. The van der Waals surface area contributed by atoms with Crippen LogP contribution in [0.2, 0.25) is 0 Å². The predicted molar refractivity (Wildman–Crippen MR) is 46.0 cm³/mol. The zero-order chi connectivity index (χ0) is 9.10. The molecule has 0 aromatic carbocycles. The molecular weight excluding hydrogens is 168 g/mol. The smallest absolute Gasteiger partial charge is 0.163 e. The summed E-state index contributed by atoms with van der Waals surface area (Å²) in [6, 6.07) is 0. The molecule has 0 N–H and O–H groups in total. The van der Waals surface area contributed by atoms with Crippen LogP contribution < -0.4 is 0 Å². The van der Waals surface area contributed by atoms with Crippen molar-refractivity contribution in [3.8, 4) is 0 Å². The number of aryl methyl sites for hydroxylation is 1. The Hall–Kier alpha value is -1.78. The molecule has 0 saturated carbocycles. The monoisotopic (exact) mass is 176 g/mol. The van der Waals surface area contributed by atoms with Crippen LogP contribution in [0.1, 0.15) is 6.42 Å².